The quantitative estimate of drug-likeness (QED) is 0.811. The van der Waals surface area contributed by atoms with E-state index in [0.717, 1.165) is 23.0 Å². The summed E-state index contributed by atoms with van der Waals surface area (Å²) in [6, 6.07) is 15.1. The number of carbonyl (C=O) groups excluding carboxylic acids is 1. The lowest BCUT2D eigenvalue weighted by Gasteiger charge is -2.23. The van der Waals surface area contributed by atoms with Crippen molar-refractivity contribution in [3.63, 3.8) is 0 Å². The van der Waals surface area contributed by atoms with Crippen LogP contribution in [0.2, 0.25) is 0 Å². The van der Waals surface area contributed by atoms with Gasteiger partial charge in [-0.3, -0.25) is 4.79 Å². The molecule has 0 aromatic heterocycles. The first kappa shape index (κ1) is 15.6. The Morgan fingerprint density at radius 1 is 1.19 bits per heavy atom. The molecule has 0 aliphatic carbocycles. The van der Waals surface area contributed by atoms with Gasteiger partial charge in [-0.2, -0.15) is 0 Å². The molecule has 2 rings (SSSR count). The average molecular weight is 347 g/mol. The molecule has 3 nitrogen and oxygen atoms in total. The first-order valence-electron chi connectivity index (χ1n) is 7.05. The van der Waals surface area contributed by atoms with Crippen LogP contribution in [0.5, 0.6) is 0 Å². The van der Waals surface area contributed by atoms with Crippen LogP contribution in [0.1, 0.15) is 30.1 Å². The second kappa shape index (κ2) is 7.27. The summed E-state index contributed by atoms with van der Waals surface area (Å²) in [5.74, 6) is -0.0196. The van der Waals surface area contributed by atoms with Gasteiger partial charge >= 0.3 is 0 Å². The highest BCUT2D eigenvalue weighted by Crippen LogP contribution is 2.23. The number of nitrogens with two attached hydrogens (primary N) is 1. The summed E-state index contributed by atoms with van der Waals surface area (Å²) < 4.78 is 0.805. The summed E-state index contributed by atoms with van der Waals surface area (Å²) in [7, 11) is 0. The van der Waals surface area contributed by atoms with E-state index in [2.05, 4.69) is 22.9 Å². The third-order valence-electron chi connectivity index (χ3n) is 3.29. The summed E-state index contributed by atoms with van der Waals surface area (Å²) in [5.41, 5.74) is 7.97. The molecule has 0 bridgehead atoms. The van der Waals surface area contributed by atoms with Crippen LogP contribution in [0.15, 0.2) is 53.0 Å². The first-order chi connectivity index (χ1) is 10.1. The van der Waals surface area contributed by atoms with Crippen molar-refractivity contribution in [2.45, 2.75) is 19.8 Å². The van der Waals surface area contributed by atoms with E-state index in [1.54, 1.807) is 12.1 Å². The first-order valence-corrected chi connectivity index (χ1v) is 7.84. The molecule has 110 valence electrons. The number of unbranched alkanes of at least 4 members (excludes halogenated alkanes) is 1. The van der Waals surface area contributed by atoms with Gasteiger partial charge in [0, 0.05) is 28.0 Å². The van der Waals surface area contributed by atoms with Crippen molar-refractivity contribution in [1.82, 2.24) is 0 Å². The Hall–Kier alpha value is -1.81. The number of nitrogen functional groups attached to an aromatic ring is 1. The Balaban J connectivity index is 2.31. The molecule has 4 heteroatoms. The molecule has 2 aromatic rings. The maximum absolute atomic E-state index is 12.8. The Labute approximate surface area is 133 Å². The van der Waals surface area contributed by atoms with Gasteiger partial charge in [0.1, 0.15) is 0 Å². The molecule has 0 heterocycles. The number of hydrogen-bond acceptors (Lipinski definition) is 2. The molecule has 0 aliphatic rings. The smallest absolute Gasteiger partial charge is 0.258 e. The van der Waals surface area contributed by atoms with Crippen LogP contribution in [0.4, 0.5) is 11.4 Å². The summed E-state index contributed by atoms with van der Waals surface area (Å²) >= 11 is 3.35. The molecule has 0 radical (unpaired) electrons. The molecule has 2 aromatic carbocycles. The molecular weight excluding hydrogens is 328 g/mol. The fraction of sp³-hybridized carbons (Fsp3) is 0.235. The van der Waals surface area contributed by atoms with Gasteiger partial charge in [-0.05, 0) is 52.7 Å². The zero-order chi connectivity index (χ0) is 15.2. The van der Waals surface area contributed by atoms with Crippen LogP contribution < -0.4 is 10.6 Å². The standard InChI is InChI=1S/C17H19BrN2O/c1-2-3-11-20(14-7-5-4-6-8-14)17(21)13-9-10-15(18)16(19)12-13/h4-10,12H,2-3,11,19H2,1H3. The molecule has 21 heavy (non-hydrogen) atoms. The van der Waals surface area contributed by atoms with Gasteiger partial charge in [0.25, 0.3) is 5.91 Å². The topological polar surface area (TPSA) is 46.3 Å². The van der Waals surface area contributed by atoms with Crippen molar-refractivity contribution in [3.05, 3.63) is 58.6 Å². The summed E-state index contributed by atoms with van der Waals surface area (Å²) in [6.45, 7) is 2.82. The van der Waals surface area contributed by atoms with Crippen LogP contribution in [-0.4, -0.2) is 12.5 Å². The monoisotopic (exact) mass is 346 g/mol. The number of carbonyl (C=O) groups is 1. The minimum Gasteiger partial charge on any atom is -0.398 e. The summed E-state index contributed by atoms with van der Waals surface area (Å²) in [4.78, 5) is 14.6. The Bertz CT molecular complexity index is 613. The zero-order valence-electron chi connectivity index (χ0n) is 12.1. The number of benzene rings is 2. The molecule has 0 aliphatic heterocycles. The second-order valence-corrected chi connectivity index (χ2v) is 5.74. The van der Waals surface area contributed by atoms with Gasteiger partial charge < -0.3 is 10.6 Å². The lowest BCUT2D eigenvalue weighted by molar-refractivity contribution is 0.0986. The number of rotatable bonds is 5. The normalized spacial score (nSPS) is 10.4. The molecule has 0 fully saturated rings. The van der Waals surface area contributed by atoms with Gasteiger partial charge in [-0.1, -0.05) is 31.5 Å². The lowest BCUT2D eigenvalue weighted by Crippen LogP contribution is -2.31. The third-order valence-corrected chi connectivity index (χ3v) is 4.01. The lowest BCUT2D eigenvalue weighted by atomic mass is 10.1. The van der Waals surface area contributed by atoms with Gasteiger partial charge in [-0.25, -0.2) is 0 Å². The van der Waals surface area contributed by atoms with E-state index in [1.807, 2.05) is 41.3 Å². The van der Waals surface area contributed by atoms with Crippen molar-refractivity contribution in [2.75, 3.05) is 17.2 Å². The predicted octanol–water partition coefficient (Wildman–Crippen LogP) is 4.48. The van der Waals surface area contributed by atoms with E-state index in [-0.39, 0.29) is 5.91 Å². The number of hydrogen-bond donors (Lipinski definition) is 1. The average Bonchev–Trinajstić information content (AvgIpc) is 2.51. The molecule has 0 unspecified atom stereocenters. The summed E-state index contributed by atoms with van der Waals surface area (Å²) in [5, 5.41) is 0. The van der Waals surface area contributed by atoms with Gasteiger partial charge in [0.2, 0.25) is 0 Å². The highest BCUT2D eigenvalue weighted by atomic mass is 79.9. The maximum Gasteiger partial charge on any atom is 0.258 e. The third kappa shape index (κ3) is 3.85. The maximum atomic E-state index is 12.8. The molecule has 2 N–H and O–H groups in total. The Morgan fingerprint density at radius 3 is 2.52 bits per heavy atom. The van der Waals surface area contributed by atoms with E-state index in [9.17, 15) is 4.79 Å². The number of para-hydroxylation sites is 1. The summed E-state index contributed by atoms with van der Waals surface area (Å²) in [6.07, 6.45) is 2.01. The number of halogens is 1. The molecule has 0 spiro atoms. The van der Waals surface area contributed by atoms with Crippen LogP contribution in [0.25, 0.3) is 0 Å². The molecular formula is C17H19BrN2O. The second-order valence-electron chi connectivity index (χ2n) is 4.88. The molecule has 0 saturated carbocycles. The SMILES string of the molecule is CCCCN(C(=O)c1ccc(Br)c(N)c1)c1ccccc1. The van der Waals surface area contributed by atoms with Gasteiger partial charge in [-0.15, -0.1) is 0 Å². The van der Waals surface area contributed by atoms with Crippen molar-refractivity contribution in [3.8, 4) is 0 Å². The molecule has 0 saturated heterocycles. The van der Waals surface area contributed by atoms with Crippen molar-refractivity contribution >= 4 is 33.2 Å². The van der Waals surface area contributed by atoms with E-state index in [4.69, 9.17) is 5.73 Å². The number of nitrogens with zero attached hydrogens (tertiary/aromatic N) is 1. The highest BCUT2D eigenvalue weighted by Gasteiger charge is 2.17. The zero-order valence-corrected chi connectivity index (χ0v) is 13.6. The van der Waals surface area contributed by atoms with Crippen LogP contribution in [-0.2, 0) is 0 Å². The van der Waals surface area contributed by atoms with E-state index < -0.39 is 0 Å². The Morgan fingerprint density at radius 2 is 1.90 bits per heavy atom. The highest BCUT2D eigenvalue weighted by molar-refractivity contribution is 9.10. The minimum atomic E-state index is -0.0196. The van der Waals surface area contributed by atoms with Crippen molar-refractivity contribution in [2.24, 2.45) is 0 Å². The van der Waals surface area contributed by atoms with Crippen LogP contribution in [0.3, 0.4) is 0 Å². The van der Waals surface area contributed by atoms with Gasteiger partial charge in [0.05, 0.1) is 0 Å². The van der Waals surface area contributed by atoms with Crippen molar-refractivity contribution in [1.29, 1.82) is 0 Å². The van der Waals surface area contributed by atoms with Crippen molar-refractivity contribution < 1.29 is 4.79 Å². The van der Waals surface area contributed by atoms with Crippen LogP contribution in [0, 0.1) is 0 Å². The Kier molecular flexibility index (Phi) is 5.39. The van der Waals surface area contributed by atoms with Crippen LogP contribution >= 0.6 is 15.9 Å². The van der Waals surface area contributed by atoms with E-state index >= 15 is 0 Å². The molecule has 1 amide bonds. The van der Waals surface area contributed by atoms with Gasteiger partial charge in [0.15, 0.2) is 0 Å². The fourth-order valence-corrected chi connectivity index (χ4v) is 2.35. The van der Waals surface area contributed by atoms with E-state index in [1.165, 1.54) is 0 Å². The predicted molar refractivity (Wildman–Crippen MR) is 91.6 cm³/mol. The molecule has 0 atom stereocenters. The fourth-order valence-electron chi connectivity index (χ4n) is 2.10. The number of anilines is 2. The van der Waals surface area contributed by atoms with E-state index in [0.29, 0.717) is 17.8 Å². The largest absolute Gasteiger partial charge is 0.398 e. The number of amides is 1. The minimum absolute atomic E-state index is 0.0196.